The van der Waals surface area contributed by atoms with Crippen molar-refractivity contribution >= 4 is 33.9 Å². The van der Waals surface area contributed by atoms with Gasteiger partial charge < -0.3 is 14.0 Å². The zero-order valence-corrected chi connectivity index (χ0v) is 16.3. The summed E-state index contributed by atoms with van der Waals surface area (Å²) in [5.74, 6) is 1.55. The van der Waals surface area contributed by atoms with Crippen molar-refractivity contribution in [2.24, 2.45) is 0 Å². The van der Waals surface area contributed by atoms with Gasteiger partial charge in [-0.15, -0.1) is 10.2 Å². The molecular formula is C21H21N5O3. The molecule has 0 saturated carbocycles. The molecule has 0 unspecified atom stereocenters. The minimum absolute atomic E-state index is 0.164. The normalized spacial score (nSPS) is 11.0. The molecule has 29 heavy (non-hydrogen) atoms. The molecule has 0 spiro atoms. The number of benzene rings is 2. The number of nitrogens with one attached hydrogen (secondary N) is 1. The van der Waals surface area contributed by atoms with Crippen LogP contribution in [0.3, 0.4) is 0 Å². The number of aromatic nitrogens is 4. The van der Waals surface area contributed by atoms with E-state index in [1.165, 1.54) is 0 Å². The van der Waals surface area contributed by atoms with E-state index in [-0.39, 0.29) is 11.9 Å². The number of ether oxygens (including phenoxy) is 2. The molecule has 0 aliphatic carbocycles. The molecule has 2 aromatic heterocycles. The number of carbonyl (C=O) groups excluding carboxylic acids is 1. The highest BCUT2D eigenvalue weighted by molar-refractivity contribution is 6.05. The Hall–Kier alpha value is -3.68. The van der Waals surface area contributed by atoms with E-state index < -0.39 is 0 Å². The van der Waals surface area contributed by atoms with E-state index in [9.17, 15) is 4.79 Å². The second kappa shape index (κ2) is 8.14. The first-order chi connectivity index (χ1) is 14.2. The molecule has 0 saturated heterocycles. The van der Waals surface area contributed by atoms with Crippen molar-refractivity contribution in [3.63, 3.8) is 0 Å². The number of methoxy groups -OCH3 is 1. The number of anilines is 1. The summed E-state index contributed by atoms with van der Waals surface area (Å²) in [6.07, 6.45) is 0.340. The average Bonchev–Trinajstić information content (AvgIpc) is 3.06. The summed E-state index contributed by atoms with van der Waals surface area (Å²) < 4.78 is 13.2. The lowest BCUT2D eigenvalue weighted by Gasteiger charge is -2.09. The number of hydrogen-bond acceptors (Lipinski definition) is 6. The Morgan fingerprint density at radius 2 is 1.93 bits per heavy atom. The fourth-order valence-electron chi connectivity index (χ4n) is 3.13. The van der Waals surface area contributed by atoms with E-state index in [2.05, 4.69) is 20.5 Å². The lowest BCUT2D eigenvalue weighted by atomic mass is 10.2. The number of rotatable bonds is 7. The molecule has 0 aliphatic rings. The predicted octanol–water partition coefficient (Wildman–Crippen LogP) is 3.42. The van der Waals surface area contributed by atoms with Crippen LogP contribution in [0.25, 0.3) is 22.1 Å². The SMILES string of the molecule is CCC(=O)Nc1nnc2c3cc(OC)ccc3n(CCOc3ccccc3)c2n1. The van der Waals surface area contributed by atoms with Crippen LogP contribution in [0.1, 0.15) is 13.3 Å². The Morgan fingerprint density at radius 3 is 2.69 bits per heavy atom. The zero-order valence-electron chi connectivity index (χ0n) is 16.3. The van der Waals surface area contributed by atoms with Gasteiger partial charge in [-0.2, -0.15) is 4.98 Å². The monoisotopic (exact) mass is 391 g/mol. The van der Waals surface area contributed by atoms with E-state index in [4.69, 9.17) is 9.47 Å². The number of hydrogen-bond donors (Lipinski definition) is 1. The molecule has 0 atom stereocenters. The number of carbonyl (C=O) groups is 1. The smallest absolute Gasteiger partial charge is 0.251 e. The molecule has 8 nitrogen and oxygen atoms in total. The average molecular weight is 391 g/mol. The lowest BCUT2D eigenvalue weighted by Crippen LogP contribution is -2.14. The van der Waals surface area contributed by atoms with Crippen molar-refractivity contribution in [2.75, 3.05) is 19.0 Å². The van der Waals surface area contributed by atoms with Crippen LogP contribution < -0.4 is 14.8 Å². The largest absolute Gasteiger partial charge is 0.497 e. The Balaban J connectivity index is 1.73. The molecule has 148 valence electrons. The van der Waals surface area contributed by atoms with E-state index >= 15 is 0 Å². The maximum Gasteiger partial charge on any atom is 0.251 e. The minimum Gasteiger partial charge on any atom is -0.497 e. The van der Waals surface area contributed by atoms with Gasteiger partial charge in [0.25, 0.3) is 5.95 Å². The number of para-hydroxylation sites is 1. The van der Waals surface area contributed by atoms with E-state index in [0.717, 1.165) is 22.4 Å². The Morgan fingerprint density at radius 1 is 1.10 bits per heavy atom. The molecule has 1 N–H and O–H groups in total. The molecule has 2 aromatic carbocycles. The molecule has 0 fully saturated rings. The van der Waals surface area contributed by atoms with Crippen LogP contribution in [-0.2, 0) is 11.3 Å². The molecule has 0 bridgehead atoms. The Bertz CT molecular complexity index is 1160. The number of amides is 1. The molecule has 4 rings (SSSR count). The quantitative estimate of drug-likeness (QED) is 0.519. The molecule has 2 heterocycles. The zero-order chi connectivity index (χ0) is 20.2. The third-order valence-corrected chi connectivity index (χ3v) is 4.57. The van der Waals surface area contributed by atoms with Crippen LogP contribution in [0.4, 0.5) is 5.95 Å². The lowest BCUT2D eigenvalue weighted by molar-refractivity contribution is -0.115. The van der Waals surface area contributed by atoms with Gasteiger partial charge >= 0.3 is 0 Å². The van der Waals surface area contributed by atoms with E-state index in [1.807, 2.05) is 53.1 Å². The molecule has 0 aliphatic heterocycles. The van der Waals surface area contributed by atoms with Crippen molar-refractivity contribution in [3.05, 3.63) is 48.5 Å². The van der Waals surface area contributed by atoms with Gasteiger partial charge in [0.2, 0.25) is 5.91 Å². The first-order valence-electron chi connectivity index (χ1n) is 9.38. The van der Waals surface area contributed by atoms with Crippen molar-refractivity contribution in [3.8, 4) is 11.5 Å². The van der Waals surface area contributed by atoms with Gasteiger partial charge in [-0.3, -0.25) is 10.1 Å². The summed E-state index contributed by atoms with van der Waals surface area (Å²) in [6.45, 7) is 2.78. The van der Waals surface area contributed by atoms with E-state index in [0.29, 0.717) is 30.7 Å². The molecule has 1 amide bonds. The molecule has 8 heteroatoms. The van der Waals surface area contributed by atoms with Crippen molar-refractivity contribution in [1.29, 1.82) is 0 Å². The van der Waals surface area contributed by atoms with Crippen LogP contribution in [0.2, 0.25) is 0 Å². The van der Waals surface area contributed by atoms with Crippen LogP contribution in [0.15, 0.2) is 48.5 Å². The van der Waals surface area contributed by atoms with Crippen LogP contribution in [0.5, 0.6) is 11.5 Å². The van der Waals surface area contributed by atoms with Crippen LogP contribution in [-0.4, -0.2) is 39.4 Å². The van der Waals surface area contributed by atoms with Gasteiger partial charge in [-0.25, -0.2) is 0 Å². The van der Waals surface area contributed by atoms with E-state index in [1.54, 1.807) is 14.0 Å². The van der Waals surface area contributed by atoms with Gasteiger partial charge in [0.05, 0.1) is 19.2 Å². The third-order valence-electron chi connectivity index (χ3n) is 4.57. The maximum atomic E-state index is 11.7. The molecule has 4 aromatic rings. The second-order valence-electron chi connectivity index (χ2n) is 6.41. The van der Waals surface area contributed by atoms with Crippen LogP contribution >= 0.6 is 0 Å². The highest BCUT2D eigenvalue weighted by Gasteiger charge is 2.16. The summed E-state index contributed by atoms with van der Waals surface area (Å²) in [7, 11) is 1.62. The van der Waals surface area contributed by atoms with Crippen molar-refractivity contribution in [2.45, 2.75) is 19.9 Å². The molecule has 0 radical (unpaired) electrons. The first kappa shape index (κ1) is 18.7. The topological polar surface area (TPSA) is 91.2 Å². The van der Waals surface area contributed by atoms with Gasteiger partial charge in [-0.05, 0) is 30.3 Å². The summed E-state index contributed by atoms with van der Waals surface area (Å²) in [4.78, 5) is 16.3. The number of fused-ring (bicyclic) bond motifs is 3. The second-order valence-corrected chi connectivity index (χ2v) is 6.41. The standard InChI is InChI=1S/C21H21N5O3/c1-3-18(27)22-21-23-20-19(24-25-21)16-13-15(28-2)9-10-17(16)26(20)11-12-29-14-7-5-4-6-8-14/h4-10,13H,3,11-12H2,1-2H3,(H,22,23,25,27). The Labute approximate surface area is 167 Å². The summed E-state index contributed by atoms with van der Waals surface area (Å²) >= 11 is 0. The first-order valence-corrected chi connectivity index (χ1v) is 9.38. The van der Waals surface area contributed by atoms with Gasteiger partial charge in [0.15, 0.2) is 5.65 Å². The Kier molecular flexibility index (Phi) is 5.24. The van der Waals surface area contributed by atoms with Crippen molar-refractivity contribution < 1.29 is 14.3 Å². The van der Waals surface area contributed by atoms with Gasteiger partial charge in [0.1, 0.15) is 23.6 Å². The van der Waals surface area contributed by atoms with Gasteiger partial charge in [0, 0.05) is 11.8 Å². The summed E-state index contributed by atoms with van der Waals surface area (Å²) in [6, 6.07) is 15.4. The minimum atomic E-state index is -0.164. The highest BCUT2D eigenvalue weighted by Crippen LogP contribution is 2.29. The predicted molar refractivity (Wildman–Crippen MR) is 110 cm³/mol. The third kappa shape index (κ3) is 3.82. The van der Waals surface area contributed by atoms with Crippen molar-refractivity contribution in [1.82, 2.24) is 19.7 Å². The fourth-order valence-corrected chi connectivity index (χ4v) is 3.13. The van der Waals surface area contributed by atoms with Crippen LogP contribution in [0, 0.1) is 0 Å². The number of nitrogens with zero attached hydrogens (tertiary/aromatic N) is 4. The van der Waals surface area contributed by atoms with Gasteiger partial charge in [-0.1, -0.05) is 25.1 Å². The fraction of sp³-hybridized carbons (Fsp3) is 0.238. The summed E-state index contributed by atoms with van der Waals surface area (Å²) in [5, 5.41) is 11.9. The summed E-state index contributed by atoms with van der Waals surface area (Å²) in [5.41, 5.74) is 2.22. The highest BCUT2D eigenvalue weighted by atomic mass is 16.5. The maximum absolute atomic E-state index is 11.7. The molecular weight excluding hydrogens is 370 g/mol.